The Morgan fingerprint density at radius 3 is 2.76 bits per heavy atom. The fraction of sp³-hybridized carbons (Fsp3) is 0.500. The Balaban J connectivity index is 2.04. The van der Waals surface area contributed by atoms with Crippen LogP contribution in [0.2, 0.25) is 0 Å². The Morgan fingerprint density at radius 1 is 1.33 bits per heavy atom. The molecular formula is C16H23N3O2. The summed E-state index contributed by atoms with van der Waals surface area (Å²) >= 11 is 0. The summed E-state index contributed by atoms with van der Waals surface area (Å²) in [6.45, 7) is 4.72. The van der Waals surface area contributed by atoms with Gasteiger partial charge in [-0.15, -0.1) is 0 Å². The third-order valence-corrected chi connectivity index (χ3v) is 3.92. The normalized spacial score (nSPS) is 17.8. The summed E-state index contributed by atoms with van der Waals surface area (Å²) in [7, 11) is 1.60. The molecule has 1 heterocycles. The lowest BCUT2D eigenvalue weighted by molar-refractivity contribution is -0.129. The van der Waals surface area contributed by atoms with Crippen molar-refractivity contribution in [3.63, 3.8) is 0 Å². The van der Waals surface area contributed by atoms with Gasteiger partial charge in [0, 0.05) is 20.1 Å². The molecule has 0 saturated heterocycles. The lowest BCUT2D eigenvalue weighted by Gasteiger charge is -2.28. The summed E-state index contributed by atoms with van der Waals surface area (Å²) in [5.41, 5.74) is 1.61. The molecule has 2 amide bonds. The predicted octanol–water partition coefficient (Wildman–Crippen LogP) is 0.762. The first-order chi connectivity index (χ1) is 9.95. The van der Waals surface area contributed by atoms with Crippen LogP contribution in [0.15, 0.2) is 24.3 Å². The van der Waals surface area contributed by atoms with Gasteiger partial charge in [-0.2, -0.15) is 0 Å². The number of fused-ring (bicyclic) bond motifs is 1. The zero-order valence-electron chi connectivity index (χ0n) is 12.8. The van der Waals surface area contributed by atoms with Crippen molar-refractivity contribution in [1.82, 2.24) is 16.0 Å². The van der Waals surface area contributed by atoms with Gasteiger partial charge < -0.3 is 16.0 Å². The molecular weight excluding hydrogens is 266 g/mol. The lowest BCUT2D eigenvalue weighted by Crippen LogP contribution is -2.47. The number of amides is 2. The minimum Gasteiger partial charge on any atom is -0.359 e. The van der Waals surface area contributed by atoms with Gasteiger partial charge in [0.05, 0.1) is 5.41 Å². The number of nitrogens with one attached hydrogen (secondary N) is 3. The van der Waals surface area contributed by atoms with E-state index in [1.807, 2.05) is 32.0 Å². The maximum atomic E-state index is 12.4. The molecule has 1 aromatic rings. The fourth-order valence-electron chi connectivity index (χ4n) is 2.57. The van der Waals surface area contributed by atoms with Crippen molar-refractivity contribution in [1.29, 1.82) is 0 Å². The standard InChI is InChI=1S/C16H23N3O2/c1-16(2,15(21)17-3)10-19-14(20)13-12-7-5-4-6-11(12)8-9-18-13/h4-7,13,18H,8-10H2,1-3H3,(H,17,21)(H,19,20). The molecule has 0 aromatic heterocycles. The van der Waals surface area contributed by atoms with Crippen LogP contribution < -0.4 is 16.0 Å². The summed E-state index contributed by atoms with van der Waals surface area (Å²) in [4.78, 5) is 24.2. The molecule has 1 aliphatic rings. The van der Waals surface area contributed by atoms with E-state index in [0.717, 1.165) is 18.5 Å². The summed E-state index contributed by atoms with van der Waals surface area (Å²) < 4.78 is 0. The monoisotopic (exact) mass is 289 g/mol. The molecule has 0 fully saturated rings. The van der Waals surface area contributed by atoms with E-state index in [9.17, 15) is 9.59 Å². The summed E-state index contributed by atoms with van der Waals surface area (Å²) in [5, 5.41) is 8.75. The van der Waals surface area contributed by atoms with Crippen molar-refractivity contribution in [2.45, 2.75) is 26.3 Å². The van der Waals surface area contributed by atoms with E-state index in [0.29, 0.717) is 6.54 Å². The van der Waals surface area contributed by atoms with Gasteiger partial charge in [0.2, 0.25) is 11.8 Å². The zero-order chi connectivity index (χ0) is 15.5. The van der Waals surface area contributed by atoms with Crippen LogP contribution in [0.5, 0.6) is 0 Å². The maximum absolute atomic E-state index is 12.4. The third-order valence-electron chi connectivity index (χ3n) is 3.92. The first-order valence-electron chi connectivity index (χ1n) is 7.27. The van der Waals surface area contributed by atoms with Crippen LogP contribution in [0.25, 0.3) is 0 Å². The second-order valence-electron chi connectivity index (χ2n) is 6.02. The number of benzene rings is 1. The highest BCUT2D eigenvalue weighted by molar-refractivity contribution is 5.86. The molecule has 1 aliphatic heterocycles. The van der Waals surface area contributed by atoms with Crippen molar-refractivity contribution in [2.75, 3.05) is 20.1 Å². The van der Waals surface area contributed by atoms with Gasteiger partial charge in [-0.05, 0) is 31.4 Å². The van der Waals surface area contributed by atoms with E-state index in [4.69, 9.17) is 0 Å². The van der Waals surface area contributed by atoms with Crippen molar-refractivity contribution < 1.29 is 9.59 Å². The Bertz CT molecular complexity index is 540. The number of carbonyl (C=O) groups is 2. The molecule has 0 radical (unpaired) electrons. The van der Waals surface area contributed by atoms with Gasteiger partial charge in [0.1, 0.15) is 6.04 Å². The third kappa shape index (κ3) is 3.42. The predicted molar refractivity (Wildman–Crippen MR) is 81.7 cm³/mol. The SMILES string of the molecule is CNC(=O)C(C)(C)CNC(=O)C1NCCc2ccccc21. The van der Waals surface area contributed by atoms with Crippen LogP contribution in [0.3, 0.4) is 0 Å². The number of carbonyl (C=O) groups excluding carboxylic acids is 2. The van der Waals surface area contributed by atoms with Crippen molar-refractivity contribution in [2.24, 2.45) is 5.41 Å². The number of hydrogen-bond donors (Lipinski definition) is 3. The summed E-state index contributed by atoms with van der Waals surface area (Å²) in [6, 6.07) is 7.64. The summed E-state index contributed by atoms with van der Waals surface area (Å²) in [5.74, 6) is -0.168. The maximum Gasteiger partial charge on any atom is 0.241 e. The Kier molecular flexibility index (Phi) is 4.63. The smallest absolute Gasteiger partial charge is 0.241 e. The second kappa shape index (κ2) is 6.26. The highest BCUT2D eigenvalue weighted by Gasteiger charge is 2.30. The quantitative estimate of drug-likeness (QED) is 0.766. The van der Waals surface area contributed by atoms with Crippen LogP contribution in [-0.2, 0) is 16.0 Å². The van der Waals surface area contributed by atoms with Gasteiger partial charge in [-0.25, -0.2) is 0 Å². The van der Waals surface area contributed by atoms with Gasteiger partial charge in [-0.1, -0.05) is 24.3 Å². The van der Waals surface area contributed by atoms with Gasteiger partial charge in [0.25, 0.3) is 0 Å². The largest absolute Gasteiger partial charge is 0.359 e. The molecule has 21 heavy (non-hydrogen) atoms. The molecule has 0 aliphatic carbocycles. The van der Waals surface area contributed by atoms with E-state index in [1.54, 1.807) is 7.05 Å². The highest BCUT2D eigenvalue weighted by Crippen LogP contribution is 2.23. The Hall–Kier alpha value is -1.88. The van der Waals surface area contributed by atoms with Crippen LogP contribution >= 0.6 is 0 Å². The van der Waals surface area contributed by atoms with Gasteiger partial charge in [0.15, 0.2) is 0 Å². The van der Waals surface area contributed by atoms with Gasteiger partial charge >= 0.3 is 0 Å². The molecule has 5 nitrogen and oxygen atoms in total. The van der Waals surface area contributed by atoms with Crippen molar-refractivity contribution in [3.05, 3.63) is 35.4 Å². The minimum atomic E-state index is -0.626. The first kappa shape index (κ1) is 15.5. The molecule has 0 saturated carbocycles. The molecule has 2 rings (SSSR count). The van der Waals surface area contributed by atoms with Crippen molar-refractivity contribution >= 4 is 11.8 Å². The second-order valence-corrected chi connectivity index (χ2v) is 6.02. The average molecular weight is 289 g/mol. The Labute approximate surface area is 125 Å². The topological polar surface area (TPSA) is 70.2 Å². The van der Waals surface area contributed by atoms with Crippen LogP contribution in [0.1, 0.15) is 31.0 Å². The molecule has 1 aromatic carbocycles. The van der Waals surface area contributed by atoms with E-state index in [2.05, 4.69) is 22.0 Å². The fourth-order valence-corrected chi connectivity index (χ4v) is 2.57. The van der Waals surface area contributed by atoms with E-state index in [1.165, 1.54) is 5.56 Å². The van der Waals surface area contributed by atoms with Gasteiger partial charge in [-0.3, -0.25) is 9.59 Å². The molecule has 114 valence electrons. The minimum absolute atomic E-state index is 0.0835. The molecule has 1 atom stereocenters. The average Bonchev–Trinajstić information content (AvgIpc) is 2.51. The summed E-state index contributed by atoms with van der Waals surface area (Å²) in [6.07, 6.45) is 0.934. The molecule has 0 spiro atoms. The van der Waals surface area contributed by atoms with E-state index < -0.39 is 5.41 Å². The Morgan fingerprint density at radius 2 is 2.05 bits per heavy atom. The number of hydrogen-bond acceptors (Lipinski definition) is 3. The van der Waals surface area contributed by atoms with Crippen molar-refractivity contribution in [3.8, 4) is 0 Å². The van der Waals surface area contributed by atoms with E-state index in [-0.39, 0.29) is 17.9 Å². The number of rotatable bonds is 4. The molecule has 1 unspecified atom stereocenters. The first-order valence-corrected chi connectivity index (χ1v) is 7.27. The molecule has 5 heteroatoms. The molecule has 3 N–H and O–H groups in total. The zero-order valence-corrected chi connectivity index (χ0v) is 12.8. The van der Waals surface area contributed by atoms with Crippen LogP contribution in [-0.4, -0.2) is 32.0 Å². The van der Waals surface area contributed by atoms with E-state index >= 15 is 0 Å². The lowest BCUT2D eigenvalue weighted by atomic mass is 9.91. The van der Waals surface area contributed by atoms with Crippen LogP contribution in [0, 0.1) is 5.41 Å². The van der Waals surface area contributed by atoms with Crippen LogP contribution in [0.4, 0.5) is 0 Å². The highest BCUT2D eigenvalue weighted by atomic mass is 16.2. The molecule has 0 bridgehead atoms.